The number of rotatable bonds is 0. The highest BCUT2D eigenvalue weighted by Crippen LogP contribution is 2.17. The fourth-order valence-electron chi connectivity index (χ4n) is 0.814. The summed E-state index contributed by atoms with van der Waals surface area (Å²) in [6.07, 6.45) is 1.50. The molecule has 2 rings (SSSR count). The van der Waals surface area contributed by atoms with Gasteiger partial charge >= 0.3 is 5.63 Å². The zero-order valence-corrected chi connectivity index (χ0v) is 5.03. The lowest BCUT2D eigenvalue weighted by Gasteiger charge is -1.89. The molecule has 0 radical (unpaired) electrons. The summed E-state index contributed by atoms with van der Waals surface area (Å²) in [6.45, 7) is 0. The fourth-order valence-corrected chi connectivity index (χ4v) is 0.814. The van der Waals surface area contributed by atoms with Crippen LogP contribution in [-0.4, -0.2) is 0 Å². The third-order valence-corrected chi connectivity index (χ3v) is 1.22. The van der Waals surface area contributed by atoms with Crippen molar-refractivity contribution in [3.63, 3.8) is 0 Å². The molecule has 2 heterocycles. The topological polar surface area (TPSA) is 43.4 Å². The molecule has 0 bridgehead atoms. The Morgan fingerprint density at radius 2 is 2.20 bits per heavy atom. The van der Waals surface area contributed by atoms with Crippen molar-refractivity contribution < 1.29 is 8.83 Å². The van der Waals surface area contributed by atoms with Gasteiger partial charge in [-0.2, -0.15) is 0 Å². The number of hydrogen-bond acceptors (Lipinski definition) is 3. The van der Waals surface area contributed by atoms with Crippen molar-refractivity contribution >= 4 is 0 Å². The van der Waals surface area contributed by atoms with Gasteiger partial charge in [-0.05, 0) is 12.1 Å². The molecule has 0 atom stereocenters. The summed E-state index contributed by atoms with van der Waals surface area (Å²) in [4.78, 5) is 10.6. The molecule has 0 saturated heterocycles. The largest absolute Gasteiger partial charge is 0.461 e. The van der Waals surface area contributed by atoms with Crippen LogP contribution in [0.3, 0.4) is 0 Å². The van der Waals surface area contributed by atoms with Gasteiger partial charge in [-0.1, -0.05) is 0 Å². The van der Waals surface area contributed by atoms with Crippen LogP contribution in [0, 0.1) is 0 Å². The third kappa shape index (κ3) is 0.639. The number of hydrogen-bond donors (Lipinski definition) is 0. The summed E-state index contributed by atoms with van der Waals surface area (Å²) in [5.41, 5.74) is -0.370. The monoisotopic (exact) mass is 136 g/mol. The van der Waals surface area contributed by atoms with E-state index in [1.165, 1.54) is 12.3 Å². The first-order valence-corrected chi connectivity index (χ1v) is 2.83. The second kappa shape index (κ2) is 1.73. The molecular formula is C7H4O3. The molecule has 10 heavy (non-hydrogen) atoms. The van der Waals surface area contributed by atoms with E-state index in [2.05, 4.69) is 0 Å². The molecule has 50 valence electrons. The summed E-state index contributed by atoms with van der Waals surface area (Å²) in [7, 11) is 0. The predicted molar refractivity (Wildman–Crippen MR) is 33.9 cm³/mol. The molecule has 3 nitrogen and oxygen atoms in total. The van der Waals surface area contributed by atoms with Crippen molar-refractivity contribution in [3.05, 3.63) is 34.9 Å². The number of furan rings is 1. The van der Waals surface area contributed by atoms with Gasteiger partial charge in [-0.15, -0.1) is 0 Å². The smallest absolute Gasteiger partial charge is 0.340 e. The van der Waals surface area contributed by atoms with E-state index in [9.17, 15) is 4.79 Å². The highest BCUT2D eigenvalue weighted by molar-refractivity contribution is 5.49. The maximum atomic E-state index is 10.6. The highest BCUT2D eigenvalue weighted by atomic mass is 16.4. The first kappa shape index (κ1) is 5.29. The Labute approximate surface area is 56.2 Å². The molecule has 2 aliphatic rings. The second-order valence-electron chi connectivity index (χ2n) is 1.91. The minimum absolute atomic E-state index is 0.370. The van der Waals surface area contributed by atoms with E-state index in [0.29, 0.717) is 11.5 Å². The average Bonchev–Trinajstić information content (AvgIpc) is 2.27. The summed E-state index contributed by atoms with van der Waals surface area (Å²) < 4.78 is 9.66. The van der Waals surface area contributed by atoms with Crippen LogP contribution in [0.4, 0.5) is 0 Å². The Bertz CT molecular complexity index is 324. The van der Waals surface area contributed by atoms with Crippen LogP contribution >= 0.6 is 0 Å². The lowest BCUT2D eigenvalue weighted by atomic mass is 10.3. The van der Waals surface area contributed by atoms with Gasteiger partial charge in [0, 0.05) is 0 Å². The maximum absolute atomic E-state index is 10.6. The number of fused-ring (bicyclic) bond motifs is 1. The SMILES string of the molecule is O=c1cc2occcc-2o1. The molecule has 0 aromatic rings. The van der Waals surface area contributed by atoms with E-state index in [1.54, 1.807) is 12.1 Å². The predicted octanol–water partition coefficient (Wildman–Crippen LogP) is 1.34. The first-order valence-electron chi connectivity index (χ1n) is 2.83. The van der Waals surface area contributed by atoms with Gasteiger partial charge < -0.3 is 8.83 Å². The van der Waals surface area contributed by atoms with Gasteiger partial charge in [0.2, 0.25) is 0 Å². The minimum atomic E-state index is -0.370. The third-order valence-electron chi connectivity index (χ3n) is 1.22. The minimum Gasteiger partial charge on any atom is -0.461 e. The summed E-state index contributed by atoms with van der Waals surface area (Å²) in [5, 5.41) is 0. The van der Waals surface area contributed by atoms with Crippen molar-refractivity contribution in [2.45, 2.75) is 0 Å². The van der Waals surface area contributed by atoms with Crippen molar-refractivity contribution in [1.29, 1.82) is 0 Å². The molecule has 0 N–H and O–H groups in total. The molecular weight excluding hydrogens is 132 g/mol. The van der Waals surface area contributed by atoms with E-state index in [4.69, 9.17) is 8.83 Å². The lowest BCUT2D eigenvalue weighted by molar-refractivity contribution is 0.509. The average molecular weight is 136 g/mol. The van der Waals surface area contributed by atoms with Crippen molar-refractivity contribution in [2.24, 2.45) is 0 Å². The van der Waals surface area contributed by atoms with Crippen LogP contribution in [0.5, 0.6) is 0 Å². The molecule has 0 saturated carbocycles. The zero-order chi connectivity index (χ0) is 6.97. The van der Waals surface area contributed by atoms with Crippen LogP contribution in [-0.2, 0) is 0 Å². The lowest BCUT2D eigenvalue weighted by Crippen LogP contribution is -1.83. The first-order chi connectivity index (χ1) is 4.86. The molecule has 0 aromatic heterocycles. The van der Waals surface area contributed by atoms with Gasteiger partial charge in [-0.25, -0.2) is 4.79 Å². The standard InChI is InChI=1S/C7H4O3/c8-7-4-6-5(10-7)2-1-3-9-6/h1-4H. The molecule has 0 fully saturated rings. The Hall–Kier alpha value is -1.51. The van der Waals surface area contributed by atoms with Crippen LogP contribution in [0.15, 0.2) is 38.1 Å². The molecule has 0 amide bonds. The van der Waals surface area contributed by atoms with Crippen LogP contribution in [0.25, 0.3) is 11.5 Å². The van der Waals surface area contributed by atoms with Crippen molar-refractivity contribution in [2.75, 3.05) is 0 Å². The summed E-state index contributed by atoms with van der Waals surface area (Å²) >= 11 is 0. The van der Waals surface area contributed by atoms with Gasteiger partial charge in [0.15, 0.2) is 11.5 Å². The van der Waals surface area contributed by atoms with Gasteiger partial charge in [0.05, 0.1) is 12.3 Å². The molecule has 0 aliphatic carbocycles. The summed E-state index contributed by atoms with van der Waals surface area (Å²) in [5.74, 6) is 0.986. The molecule has 0 spiro atoms. The van der Waals surface area contributed by atoms with Gasteiger partial charge in [0.25, 0.3) is 0 Å². The van der Waals surface area contributed by atoms with Crippen molar-refractivity contribution in [3.8, 4) is 11.5 Å². The van der Waals surface area contributed by atoms with E-state index in [1.807, 2.05) is 0 Å². The van der Waals surface area contributed by atoms with Gasteiger partial charge in [-0.3, -0.25) is 0 Å². The molecule has 2 aliphatic heterocycles. The van der Waals surface area contributed by atoms with E-state index < -0.39 is 0 Å². The van der Waals surface area contributed by atoms with Gasteiger partial charge in [0.1, 0.15) is 0 Å². The Kier molecular flexibility index (Phi) is 0.917. The Morgan fingerprint density at radius 3 is 3.00 bits per heavy atom. The van der Waals surface area contributed by atoms with E-state index >= 15 is 0 Å². The van der Waals surface area contributed by atoms with Crippen LogP contribution in [0.2, 0.25) is 0 Å². The van der Waals surface area contributed by atoms with Crippen LogP contribution < -0.4 is 5.63 Å². The molecule has 0 unspecified atom stereocenters. The zero-order valence-electron chi connectivity index (χ0n) is 5.03. The summed E-state index contributed by atoms with van der Waals surface area (Å²) in [6, 6.07) is 4.67. The normalized spacial score (nSPS) is 10.4. The maximum Gasteiger partial charge on any atom is 0.340 e. The highest BCUT2D eigenvalue weighted by Gasteiger charge is 2.07. The quantitative estimate of drug-likeness (QED) is 0.548. The molecule has 3 heteroatoms. The fraction of sp³-hybridized carbons (Fsp3) is 0. The molecule has 0 aromatic carbocycles. The van der Waals surface area contributed by atoms with Crippen LogP contribution in [0.1, 0.15) is 0 Å². The Morgan fingerprint density at radius 1 is 1.30 bits per heavy atom. The Balaban J connectivity index is 2.88. The van der Waals surface area contributed by atoms with E-state index in [0.717, 1.165) is 0 Å². The second-order valence-corrected chi connectivity index (χ2v) is 1.91. The van der Waals surface area contributed by atoms with Crippen molar-refractivity contribution in [1.82, 2.24) is 0 Å². The van der Waals surface area contributed by atoms with E-state index in [-0.39, 0.29) is 5.63 Å².